The molecule has 0 aliphatic rings. The number of rotatable bonds is 4. The molecule has 2 N–H and O–H groups in total. The molecule has 1 atom stereocenters. The number of amides is 1. The molecular formula is C14H21NO4S. The van der Waals surface area contributed by atoms with E-state index in [9.17, 15) is 18.3 Å². The summed E-state index contributed by atoms with van der Waals surface area (Å²) < 4.78 is 23.1. The maximum Gasteiger partial charge on any atom is 0.252 e. The summed E-state index contributed by atoms with van der Waals surface area (Å²) in [6.07, 6.45) is 0.365. The third kappa shape index (κ3) is 3.80. The second kappa shape index (κ2) is 5.54. The number of hydrogen-bond acceptors (Lipinski definition) is 4. The molecule has 112 valence electrons. The van der Waals surface area contributed by atoms with E-state index < -0.39 is 27.4 Å². The summed E-state index contributed by atoms with van der Waals surface area (Å²) in [6, 6.07) is 4.43. The highest BCUT2D eigenvalue weighted by Gasteiger charge is 2.27. The van der Waals surface area contributed by atoms with Crippen molar-refractivity contribution >= 4 is 15.7 Å². The van der Waals surface area contributed by atoms with Crippen molar-refractivity contribution < 1.29 is 18.3 Å². The van der Waals surface area contributed by atoms with E-state index in [1.165, 1.54) is 12.1 Å². The van der Waals surface area contributed by atoms with Crippen molar-refractivity contribution in [3.05, 3.63) is 29.3 Å². The van der Waals surface area contributed by atoms with Crippen LogP contribution in [0.2, 0.25) is 0 Å². The number of aliphatic hydroxyl groups is 1. The molecule has 0 saturated carbocycles. The van der Waals surface area contributed by atoms with Gasteiger partial charge < -0.3 is 10.4 Å². The molecule has 1 amide bonds. The van der Waals surface area contributed by atoms with E-state index in [-0.39, 0.29) is 4.90 Å². The van der Waals surface area contributed by atoms with Crippen LogP contribution in [0.4, 0.5) is 0 Å². The van der Waals surface area contributed by atoms with Crippen LogP contribution in [0.25, 0.3) is 0 Å². The molecule has 0 spiro atoms. The van der Waals surface area contributed by atoms with Crippen molar-refractivity contribution in [1.82, 2.24) is 5.32 Å². The Labute approximate surface area is 119 Å². The Balaban J connectivity index is 3.17. The number of carbonyl (C=O) groups excluding carboxylic acids is 1. The summed E-state index contributed by atoms with van der Waals surface area (Å²) >= 11 is 0. The van der Waals surface area contributed by atoms with Gasteiger partial charge in [-0.25, -0.2) is 8.42 Å². The third-order valence-electron chi connectivity index (χ3n) is 3.36. The Morgan fingerprint density at radius 2 is 1.90 bits per heavy atom. The van der Waals surface area contributed by atoms with Gasteiger partial charge in [0.15, 0.2) is 9.84 Å². The van der Waals surface area contributed by atoms with Gasteiger partial charge in [0, 0.05) is 11.8 Å². The Morgan fingerprint density at radius 1 is 1.35 bits per heavy atom. The van der Waals surface area contributed by atoms with E-state index in [1.807, 2.05) is 0 Å². The van der Waals surface area contributed by atoms with Crippen LogP contribution in [0.1, 0.15) is 36.7 Å². The highest BCUT2D eigenvalue weighted by molar-refractivity contribution is 7.90. The van der Waals surface area contributed by atoms with Crippen LogP contribution in [-0.4, -0.2) is 37.3 Å². The fourth-order valence-electron chi connectivity index (χ4n) is 1.54. The minimum Gasteiger partial charge on any atom is -0.391 e. The predicted molar refractivity (Wildman–Crippen MR) is 77.5 cm³/mol. The molecule has 0 heterocycles. The minimum atomic E-state index is -3.37. The second-order valence-corrected chi connectivity index (χ2v) is 7.62. The molecule has 20 heavy (non-hydrogen) atoms. The zero-order valence-electron chi connectivity index (χ0n) is 12.4. The summed E-state index contributed by atoms with van der Waals surface area (Å²) in [7, 11) is -3.37. The average molecular weight is 299 g/mol. The van der Waals surface area contributed by atoms with E-state index in [0.29, 0.717) is 11.1 Å². The first-order valence-electron chi connectivity index (χ1n) is 6.26. The van der Waals surface area contributed by atoms with Crippen LogP contribution >= 0.6 is 0 Å². The highest BCUT2D eigenvalue weighted by Crippen LogP contribution is 2.17. The Hall–Kier alpha value is -1.40. The zero-order chi connectivity index (χ0) is 15.7. The van der Waals surface area contributed by atoms with Gasteiger partial charge in [0.05, 0.1) is 16.5 Å². The fraction of sp³-hybridized carbons (Fsp3) is 0.500. The van der Waals surface area contributed by atoms with E-state index in [4.69, 9.17) is 0 Å². The van der Waals surface area contributed by atoms with Crippen molar-refractivity contribution in [2.75, 3.05) is 6.26 Å². The zero-order valence-corrected chi connectivity index (χ0v) is 13.2. The summed E-state index contributed by atoms with van der Waals surface area (Å²) in [4.78, 5) is 12.3. The van der Waals surface area contributed by atoms with Gasteiger partial charge in [-0.05, 0) is 45.4 Å². The number of aryl methyl sites for hydroxylation is 1. The molecule has 0 aliphatic heterocycles. The molecule has 0 radical (unpaired) electrons. The lowest BCUT2D eigenvalue weighted by atomic mass is 9.97. The SMILES string of the molecule is Cc1ccc(S(C)(=O)=O)cc1C(=O)NC(C)(C)C(C)O. The van der Waals surface area contributed by atoms with Gasteiger partial charge in [0.2, 0.25) is 0 Å². The monoisotopic (exact) mass is 299 g/mol. The van der Waals surface area contributed by atoms with Crippen molar-refractivity contribution in [2.24, 2.45) is 0 Å². The lowest BCUT2D eigenvalue weighted by molar-refractivity contribution is 0.0708. The molecule has 1 unspecified atom stereocenters. The van der Waals surface area contributed by atoms with E-state index in [2.05, 4.69) is 5.32 Å². The third-order valence-corrected chi connectivity index (χ3v) is 4.47. The lowest BCUT2D eigenvalue weighted by Gasteiger charge is -2.29. The Bertz CT molecular complexity index is 618. The van der Waals surface area contributed by atoms with E-state index >= 15 is 0 Å². The average Bonchev–Trinajstić information content (AvgIpc) is 2.26. The molecule has 0 fully saturated rings. The second-order valence-electron chi connectivity index (χ2n) is 5.60. The van der Waals surface area contributed by atoms with Crippen LogP contribution < -0.4 is 5.32 Å². The van der Waals surface area contributed by atoms with Crippen LogP contribution in [0, 0.1) is 6.92 Å². The first kappa shape index (κ1) is 16.7. The van der Waals surface area contributed by atoms with Crippen molar-refractivity contribution in [1.29, 1.82) is 0 Å². The van der Waals surface area contributed by atoms with Gasteiger partial charge in [-0.1, -0.05) is 6.07 Å². The minimum absolute atomic E-state index is 0.100. The van der Waals surface area contributed by atoms with Gasteiger partial charge in [-0.2, -0.15) is 0 Å². The van der Waals surface area contributed by atoms with Crippen LogP contribution in [0.15, 0.2) is 23.1 Å². The molecule has 0 aromatic heterocycles. The summed E-state index contributed by atoms with van der Waals surface area (Å²) in [5, 5.41) is 12.3. The number of benzene rings is 1. The molecule has 0 aliphatic carbocycles. The van der Waals surface area contributed by atoms with Crippen molar-refractivity contribution in [2.45, 2.75) is 44.2 Å². The number of carbonyl (C=O) groups is 1. The number of nitrogens with one attached hydrogen (secondary N) is 1. The van der Waals surface area contributed by atoms with Crippen LogP contribution in [0.3, 0.4) is 0 Å². The standard InChI is InChI=1S/C14H21NO4S/c1-9-6-7-11(20(5,18)19)8-12(9)13(17)15-14(3,4)10(2)16/h6-8,10,16H,1-5H3,(H,15,17). The molecule has 5 nitrogen and oxygen atoms in total. The van der Waals surface area contributed by atoms with E-state index in [1.54, 1.807) is 33.8 Å². The molecular weight excluding hydrogens is 278 g/mol. The Morgan fingerprint density at radius 3 is 2.35 bits per heavy atom. The van der Waals surface area contributed by atoms with Crippen molar-refractivity contribution in [3.8, 4) is 0 Å². The quantitative estimate of drug-likeness (QED) is 0.877. The topological polar surface area (TPSA) is 83.5 Å². The smallest absolute Gasteiger partial charge is 0.252 e. The van der Waals surface area contributed by atoms with Crippen molar-refractivity contribution in [3.63, 3.8) is 0 Å². The van der Waals surface area contributed by atoms with Crippen LogP contribution in [0.5, 0.6) is 0 Å². The first-order chi connectivity index (χ1) is 8.95. The Kier molecular flexibility index (Phi) is 4.61. The van der Waals surface area contributed by atoms with Gasteiger partial charge in [-0.15, -0.1) is 0 Å². The molecule has 1 aromatic rings. The summed E-state index contributed by atoms with van der Waals surface area (Å²) in [5.74, 6) is -0.404. The van der Waals surface area contributed by atoms with Gasteiger partial charge in [0.1, 0.15) is 0 Å². The molecule has 6 heteroatoms. The maximum atomic E-state index is 12.2. The number of hydrogen-bond donors (Lipinski definition) is 2. The fourth-order valence-corrected chi connectivity index (χ4v) is 2.19. The maximum absolute atomic E-state index is 12.2. The number of sulfone groups is 1. The molecule has 1 aromatic carbocycles. The molecule has 1 rings (SSSR count). The molecule has 0 bridgehead atoms. The lowest BCUT2D eigenvalue weighted by Crippen LogP contribution is -2.51. The first-order valence-corrected chi connectivity index (χ1v) is 8.15. The summed E-state index contributed by atoms with van der Waals surface area (Å²) in [5.41, 5.74) is 0.169. The largest absolute Gasteiger partial charge is 0.391 e. The van der Waals surface area contributed by atoms with Gasteiger partial charge in [0.25, 0.3) is 5.91 Å². The predicted octanol–water partition coefficient (Wildman–Crippen LogP) is 1.29. The summed E-state index contributed by atoms with van der Waals surface area (Å²) in [6.45, 7) is 6.72. The highest BCUT2D eigenvalue weighted by atomic mass is 32.2. The normalized spacial score (nSPS) is 13.9. The van der Waals surface area contributed by atoms with Gasteiger partial charge >= 0.3 is 0 Å². The van der Waals surface area contributed by atoms with E-state index in [0.717, 1.165) is 6.26 Å². The van der Waals surface area contributed by atoms with Gasteiger partial charge in [-0.3, -0.25) is 4.79 Å². The number of aliphatic hydroxyl groups excluding tert-OH is 1. The molecule has 0 saturated heterocycles. The van der Waals surface area contributed by atoms with Crippen LogP contribution in [-0.2, 0) is 9.84 Å².